The molecule has 1 amide bonds. The van der Waals surface area contributed by atoms with Gasteiger partial charge in [0, 0.05) is 12.2 Å². The van der Waals surface area contributed by atoms with Crippen LogP contribution in [0.1, 0.15) is 32.3 Å². The number of para-hydroxylation sites is 1. The maximum absolute atomic E-state index is 12.4. The summed E-state index contributed by atoms with van der Waals surface area (Å²) >= 11 is 0. The van der Waals surface area contributed by atoms with Crippen LogP contribution in [0.15, 0.2) is 24.3 Å². The Morgan fingerprint density at radius 2 is 1.75 bits per heavy atom. The number of carboxylic acids is 2. The zero-order chi connectivity index (χ0) is 20.9. The Labute approximate surface area is 166 Å². The van der Waals surface area contributed by atoms with Crippen LogP contribution >= 0.6 is 0 Å². The summed E-state index contributed by atoms with van der Waals surface area (Å²) in [5.41, 5.74) is 2.40. The molecule has 0 radical (unpaired) electrons. The molecule has 1 aromatic rings. The minimum atomic E-state index is -1.82. The molecule has 8 nitrogen and oxygen atoms in total. The third-order valence-electron chi connectivity index (χ3n) is 4.59. The van der Waals surface area contributed by atoms with E-state index in [0.29, 0.717) is 6.54 Å². The topological polar surface area (TPSA) is 110 Å². The van der Waals surface area contributed by atoms with Gasteiger partial charge >= 0.3 is 11.9 Å². The van der Waals surface area contributed by atoms with Crippen LogP contribution in [-0.2, 0) is 20.8 Å². The van der Waals surface area contributed by atoms with Gasteiger partial charge in [0.15, 0.2) is 0 Å². The highest BCUT2D eigenvalue weighted by molar-refractivity contribution is 6.27. The van der Waals surface area contributed by atoms with Crippen LogP contribution in [0.4, 0.5) is 5.69 Å². The maximum Gasteiger partial charge on any atom is 0.414 e. The number of carbonyl (C=O) groups is 3. The molecule has 0 aliphatic carbocycles. The van der Waals surface area contributed by atoms with Gasteiger partial charge < -0.3 is 25.3 Å². The first-order chi connectivity index (χ1) is 13.4. The lowest BCUT2D eigenvalue weighted by Crippen LogP contribution is -2.41. The number of carbonyl (C=O) groups excluding carboxylic acids is 1. The summed E-state index contributed by atoms with van der Waals surface area (Å²) in [4.78, 5) is 35.0. The summed E-state index contributed by atoms with van der Waals surface area (Å²) in [6.07, 6.45) is 3.23. The molecular formula is C20H31N3O5. The van der Waals surface area contributed by atoms with E-state index in [1.54, 1.807) is 0 Å². The molecule has 8 heteroatoms. The molecule has 0 atom stereocenters. The highest BCUT2D eigenvalue weighted by Crippen LogP contribution is 2.26. The number of fused-ring (bicyclic) bond motifs is 1. The fraction of sp³-hybridized carbons (Fsp3) is 0.550. The second-order valence-corrected chi connectivity index (χ2v) is 6.45. The van der Waals surface area contributed by atoms with Crippen molar-refractivity contribution in [2.24, 2.45) is 0 Å². The van der Waals surface area contributed by atoms with Crippen molar-refractivity contribution >= 4 is 23.5 Å². The van der Waals surface area contributed by atoms with Crippen molar-refractivity contribution in [1.82, 2.24) is 10.2 Å². The van der Waals surface area contributed by atoms with E-state index in [2.05, 4.69) is 42.3 Å². The summed E-state index contributed by atoms with van der Waals surface area (Å²) in [6.45, 7) is 9.85. The highest BCUT2D eigenvalue weighted by Gasteiger charge is 2.21. The standard InChI is InChI=1S/C18H29N3O.C2H2O4/c1-3-20(4-2)13-8-12-19-15-18(22)21-14-7-10-16-9-5-6-11-17(16)21;3-1(4)2(5)6/h5-6,9,11,19H,3-4,7-8,10,12-15H2,1-2H3;(H,3,4)(H,5,6). The molecule has 28 heavy (non-hydrogen) atoms. The van der Waals surface area contributed by atoms with Gasteiger partial charge in [0.05, 0.1) is 6.54 Å². The number of carboxylic acid groups (broad SMARTS) is 2. The molecular weight excluding hydrogens is 362 g/mol. The summed E-state index contributed by atoms with van der Waals surface area (Å²) in [5.74, 6) is -3.46. The number of hydrogen-bond acceptors (Lipinski definition) is 5. The molecule has 0 bridgehead atoms. The third-order valence-corrected chi connectivity index (χ3v) is 4.59. The Kier molecular flexibility index (Phi) is 10.8. The van der Waals surface area contributed by atoms with Crippen LogP contribution < -0.4 is 10.2 Å². The second kappa shape index (κ2) is 12.9. The van der Waals surface area contributed by atoms with E-state index in [9.17, 15) is 4.79 Å². The van der Waals surface area contributed by atoms with Crippen molar-refractivity contribution < 1.29 is 24.6 Å². The summed E-state index contributed by atoms with van der Waals surface area (Å²) in [6, 6.07) is 8.26. The van der Waals surface area contributed by atoms with Gasteiger partial charge in [-0.25, -0.2) is 9.59 Å². The molecule has 3 N–H and O–H groups in total. The van der Waals surface area contributed by atoms with Crippen LogP contribution in [0.25, 0.3) is 0 Å². The predicted molar refractivity (Wildman–Crippen MR) is 108 cm³/mol. The molecule has 1 aliphatic rings. The van der Waals surface area contributed by atoms with Gasteiger partial charge in [-0.1, -0.05) is 32.0 Å². The minimum Gasteiger partial charge on any atom is -0.473 e. The summed E-state index contributed by atoms with van der Waals surface area (Å²) < 4.78 is 0. The Bertz CT molecular complexity index is 634. The van der Waals surface area contributed by atoms with Gasteiger partial charge in [0.2, 0.25) is 5.91 Å². The normalized spacial score (nSPS) is 12.8. The number of aryl methyl sites for hydroxylation is 1. The summed E-state index contributed by atoms with van der Waals surface area (Å²) in [7, 11) is 0. The lowest BCUT2D eigenvalue weighted by atomic mass is 10.0. The van der Waals surface area contributed by atoms with Gasteiger partial charge in [0.1, 0.15) is 0 Å². The minimum absolute atomic E-state index is 0.190. The molecule has 0 fully saturated rings. The molecule has 0 saturated carbocycles. The van der Waals surface area contributed by atoms with Crippen molar-refractivity contribution in [3.05, 3.63) is 29.8 Å². The largest absolute Gasteiger partial charge is 0.473 e. The van der Waals surface area contributed by atoms with Crippen molar-refractivity contribution in [3.63, 3.8) is 0 Å². The fourth-order valence-corrected chi connectivity index (χ4v) is 3.05. The molecule has 0 aromatic heterocycles. The third kappa shape index (κ3) is 8.06. The van der Waals surface area contributed by atoms with E-state index in [-0.39, 0.29) is 5.91 Å². The van der Waals surface area contributed by atoms with Gasteiger partial charge in [0.25, 0.3) is 0 Å². The SMILES string of the molecule is CCN(CC)CCCNCC(=O)N1CCCc2ccccc21.O=C(O)C(=O)O. The van der Waals surface area contributed by atoms with Crippen molar-refractivity contribution in [2.45, 2.75) is 33.1 Å². The Hall–Kier alpha value is -2.45. The Morgan fingerprint density at radius 1 is 1.11 bits per heavy atom. The van der Waals surface area contributed by atoms with E-state index in [1.165, 1.54) is 5.56 Å². The highest BCUT2D eigenvalue weighted by atomic mass is 16.4. The monoisotopic (exact) mass is 393 g/mol. The zero-order valence-corrected chi connectivity index (χ0v) is 16.7. The van der Waals surface area contributed by atoms with Crippen molar-refractivity contribution in [1.29, 1.82) is 0 Å². The number of aliphatic carboxylic acids is 2. The molecule has 1 aromatic carbocycles. The molecule has 0 unspecified atom stereocenters. The van der Waals surface area contributed by atoms with Gasteiger partial charge in [-0.15, -0.1) is 0 Å². The first-order valence-electron chi connectivity index (χ1n) is 9.68. The number of amides is 1. The average Bonchev–Trinajstić information content (AvgIpc) is 2.70. The lowest BCUT2D eigenvalue weighted by Gasteiger charge is -2.29. The fourth-order valence-electron chi connectivity index (χ4n) is 3.05. The van der Waals surface area contributed by atoms with Crippen LogP contribution in [0.2, 0.25) is 0 Å². The number of rotatable bonds is 8. The smallest absolute Gasteiger partial charge is 0.414 e. The molecule has 0 spiro atoms. The first-order valence-corrected chi connectivity index (χ1v) is 9.68. The van der Waals surface area contributed by atoms with E-state index >= 15 is 0 Å². The van der Waals surface area contributed by atoms with Crippen LogP contribution in [0, 0.1) is 0 Å². The lowest BCUT2D eigenvalue weighted by molar-refractivity contribution is -0.159. The van der Waals surface area contributed by atoms with Crippen LogP contribution in [0.5, 0.6) is 0 Å². The van der Waals surface area contributed by atoms with Crippen LogP contribution in [0.3, 0.4) is 0 Å². The quantitative estimate of drug-likeness (QED) is 0.453. The van der Waals surface area contributed by atoms with Gasteiger partial charge in [-0.3, -0.25) is 4.79 Å². The number of benzene rings is 1. The van der Waals surface area contributed by atoms with Crippen LogP contribution in [-0.4, -0.2) is 72.2 Å². The number of nitrogens with one attached hydrogen (secondary N) is 1. The van der Waals surface area contributed by atoms with E-state index < -0.39 is 11.9 Å². The molecule has 156 valence electrons. The van der Waals surface area contributed by atoms with Gasteiger partial charge in [-0.2, -0.15) is 0 Å². The molecule has 0 saturated heterocycles. The number of hydrogen-bond donors (Lipinski definition) is 3. The van der Waals surface area contributed by atoms with Crippen molar-refractivity contribution in [3.8, 4) is 0 Å². The first kappa shape index (κ1) is 23.6. The predicted octanol–water partition coefficient (Wildman–Crippen LogP) is 1.44. The zero-order valence-electron chi connectivity index (χ0n) is 16.7. The number of anilines is 1. The Balaban J connectivity index is 0.000000568. The van der Waals surface area contributed by atoms with Crippen molar-refractivity contribution in [2.75, 3.05) is 44.2 Å². The second-order valence-electron chi connectivity index (χ2n) is 6.45. The summed E-state index contributed by atoms with van der Waals surface area (Å²) in [5, 5.41) is 18.1. The molecule has 1 heterocycles. The molecule has 2 rings (SSSR count). The van der Waals surface area contributed by atoms with Gasteiger partial charge in [-0.05, 0) is 57.1 Å². The van der Waals surface area contributed by atoms with E-state index in [0.717, 1.165) is 57.7 Å². The van der Waals surface area contributed by atoms with E-state index in [4.69, 9.17) is 19.8 Å². The maximum atomic E-state index is 12.4. The number of nitrogens with zero attached hydrogens (tertiary/aromatic N) is 2. The van der Waals surface area contributed by atoms with E-state index in [1.807, 2.05) is 11.0 Å². The molecule has 1 aliphatic heterocycles. The average molecular weight is 393 g/mol. The Morgan fingerprint density at radius 3 is 2.36 bits per heavy atom.